The molecule has 0 spiro atoms. The zero-order valence-corrected chi connectivity index (χ0v) is 14.7. The molecule has 3 amide bonds. The van der Waals surface area contributed by atoms with Gasteiger partial charge in [0, 0.05) is 31.7 Å². The summed E-state index contributed by atoms with van der Waals surface area (Å²) in [5.74, 6) is -0.419. The van der Waals surface area contributed by atoms with Gasteiger partial charge in [0.15, 0.2) is 0 Å². The average molecular weight is 355 g/mol. The quantitative estimate of drug-likeness (QED) is 0.896. The number of nitrogens with one attached hydrogen (secondary N) is 1. The second kappa shape index (κ2) is 7.99. The van der Waals surface area contributed by atoms with Gasteiger partial charge in [0.1, 0.15) is 5.82 Å². The lowest BCUT2D eigenvalue weighted by molar-refractivity contribution is -0.117. The molecule has 1 aliphatic heterocycles. The van der Waals surface area contributed by atoms with E-state index >= 15 is 0 Å². The van der Waals surface area contributed by atoms with Crippen LogP contribution in [0.2, 0.25) is 0 Å². The molecule has 0 bridgehead atoms. The van der Waals surface area contributed by atoms with Gasteiger partial charge >= 0.3 is 6.03 Å². The van der Waals surface area contributed by atoms with Gasteiger partial charge in [-0.25, -0.2) is 9.18 Å². The van der Waals surface area contributed by atoms with Gasteiger partial charge < -0.3 is 15.1 Å². The predicted octanol–water partition coefficient (Wildman–Crippen LogP) is 3.16. The molecule has 0 aromatic heterocycles. The summed E-state index contributed by atoms with van der Waals surface area (Å²) in [5.41, 5.74) is 1.70. The highest BCUT2D eigenvalue weighted by Gasteiger charge is 2.32. The highest BCUT2D eigenvalue weighted by molar-refractivity contribution is 5.96. The molecule has 1 atom stereocenters. The van der Waals surface area contributed by atoms with Crippen LogP contribution in [0.4, 0.5) is 14.9 Å². The molecule has 1 N–H and O–H groups in total. The fraction of sp³-hybridized carbons (Fsp3) is 0.300. The molecule has 6 heteroatoms. The summed E-state index contributed by atoms with van der Waals surface area (Å²) in [6.07, 6.45) is 0.242. The van der Waals surface area contributed by atoms with E-state index < -0.39 is 0 Å². The molecule has 1 fully saturated rings. The van der Waals surface area contributed by atoms with Gasteiger partial charge in [-0.3, -0.25) is 4.79 Å². The number of hydrogen-bond acceptors (Lipinski definition) is 2. The Hall–Kier alpha value is -2.89. The Balaban J connectivity index is 1.60. The number of benzene rings is 2. The smallest absolute Gasteiger partial charge is 0.317 e. The van der Waals surface area contributed by atoms with Crippen LogP contribution in [-0.4, -0.2) is 36.0 Å². The van der Waals surface area contributed by atoms with Crippen molar-refractivity contribution >= 4 is 17.6 Å². The molecule has 1 aliphatic rings. The Morgan fingerprint density at radius 2 is 1.88 bits per heavy atom. The maximum atomic E-state index is 13.1. The van der Waals surface area contributed by atoms with E-state index in [4.69, 9.17) is 0 Å². The van der Waals surface area contributed by atoms with Crippen molar-refractivity contribution in [3.8, 4) is 0 Å². The highest BCUT2D eigenvalue weighted by atomic mass is 19.1. The minimum absolute atomic E-state index is 0.0759. The lowest BCUT2D eigenvalue weighted by atomic mass is 10.2. The molecule has 1 saturated heterocycles. The van der Waals surface area contributed by atoms with E-state index in [0.717, 1.165) is 5.56 Å². The summed E-state index contributed by atoms with van der Waals surface area (Å²) in [5, 5.41) is 2.94. The van der Waals surface area contributed by atoms with Crippen LogP contribution in [0.1, 0.15) is 18.9 Å². The summed E-state index contributed by atoms with van der Waals surface area (Å²) in [7, 11) is 0. The van der Waals surface area contributed by atoms with Crippen molar-refractivity contribution in [2.24, 2.45) is 0 Å². The molecule has 2 aromatic rings. The molecule has 0 radical (unpaired) electrons. The van der Waals surface area contributed by atoms with Crippen molar-refractivity contribution in [3.63, 3.8) is 0 Å². The normalized spacial score (nSPS) is 16.6. The van der Waals surface area contributed by atoms with Crippen LogP contribution in [0, 0.1) is 5.82 Å². The third-order valence-corrected chi connectivity index (χ3v) is 4.48. The number of rotatable bonds is 5. The van der Waals surface area contributed by atoms with Crippen LogP contribution in [0.25, 0.3) is 0 Å². The summed E-state index contributed by atoms with van der Waals surface area (Å²) in [6.45, 7) is 3.40. The number of anilines is 1. The number of hydrogen-bond donors (Lipinski definition) is 1. The molecular weight excluding hydrogens is 333 g/mol. The average Bonchev–Trinajstić information content (AvgIpc) is 3.01. The summed E-state index contributed by atoms with van der Waals surface area (Å²) < 4.78 is 13.1. The zero-order chi connectivity index (χ0) is 18.5. The third kappa shape index (κ3) is 4.20. The largest absolute Gasteiger partial charge is 0.333 e. The van der Waals surface area contributed by atoms with Crippen LogP contribution in [0.3, 0.4) is 0 Å². The lowest BCUT2D eigenvalue weighted by Crippen LogP contribution is -2.45. The molecule has 0 unspecified atom stereocenters. The Kier molecular flexibility index (Phi) is 5.51. The highest BCUT2D eigenvalue weighted by Crippen LogP contribution is 2.22. The van der Waals surface area contributed by atoms with E-state index in [2.05, 4.69) is 5.32 Å². The summed E-state index contributed by atoms with van der Waals surface area (Å²) in [4.78, 5) is 28.1. The van der Waals surface area contributed by atoms with Crippen LogP contribution in [0.15, 0.2) is 54.6 Å². The van der Waals surface area contributed by atoms with Crippen LogP contribution in [0.5, 0.6) is 0 Å². The molecule has 0 aliphatic carbocycles. The molecule has 3 rings (SSSR count). The topological polar surface area (TPSA) is 52.7 Å². The van der Waals surface area contributed by atoms with Crippen LogP contribution < -0.4 is 10.2 Å². The maximum Gasteiger partial charge on any atom is 0.317 e. The minimum atomic E-state index is -0.343. The predicted molar refractivity (Wildman–Crippen MR) is 98.2 cm³/mol. The zero-order valence-electron chi connectivity index (χ0n) is 14.7. The maximum absolute atomic E-state index is 13.1. The van der Waals surface area contributed by atoms with Gasteiger partial charge in [0.25, 0.3) is 0 Å². The van der Waals surface area contributed by atoms with Crippen molar-refractivity contribution < 1.29 is 14.0 Å². The molecule has 1 heterocycles. The molecular formula is C20H22FN3O2. The number of nitrogens with zero attached hydrogens (tertiary/aromatic N) is 2. The standard InChI is InChI=1S/C20H22FN3O2/c1-2-23(13-15-6-4-3-5-7-15)20(26)22-17-12-19(25)24(14-17)18-10-8-16(21)9-11-18/h3-11,17H,2,12-14H2,1H3,(H,22,26)/t17-/m1/s1. The first-order valence-corrected chi connectivity index (χ1v) is 8.72. The van der Waals surface area contributed by atoms with Gasteiger partial charge in [-0.05, 0) is 36.8 Å². The van der Waals surface area contributed by atoms with E-state index in [1.807, 2.05) is 37.3 Å². The Morgan fingerprint density at radius 3 is 2.54 bits per heavy atom. The Bertz CT molecular complexity index is 764. The van der Waals surface area contributed by atoms with E-state index in [1.165, 1.54) is 12.1 Å². The first-order valence-electron chi connectivity index (χ1n) is 8.72. The van der Waals surface area contributed by atoms with Gasteiger partial charge in [0.2, 0.25) is 5.91 Å². The van der Waals surface area contributed by atoms with Crippen molar-refractivity contribution in [1.29, 1.82) is 0 Å². The molecule has 2 aromatic carbocycles. The Morgan fingerprint density at radius 1 is 1.19 bits per heavy atom. The number of carbonyl (C=O) groups excluding carboxylic acids is 2. The Labute approximate surface area is 152 Å². The van der Waals surface area contributed by atoms with E-state index in [-0.39, 0.29) is 30.2 Å². The monoisotopic (exact) mass is 355 g/mol. The SMILES string of the molecule is CCN(Cc1ccccc1)C(=O)N[C@@H]1CC(=O)N(c2ccc(F)cc2)C1. The van der Waals surface area contributed by atoms with Crippen molar-refractivity contribution in [2.75, 3.05) is 18.0 Å². The van der Waals surface area contributed by atoms with E-state index in [9.17, 15) is 14.0 Å². The van der Waals surface area contributed by atoms with Gasteiger partial charge in [-0.2, -0.15) is 0 Å². The van der Waals surface area contributed by atoms with Gasteiger partial charge in [0.05, 0.1) is 6.04 Å². The number of carbonyl (C=O) groups is 2. The molecule has 0 saturated carbocycles. The summed E-state index contributed by atoms with van der Waals surface area (Å²) >= 11 is 0. The van der Waals surface area contributed by atoms with Crippen molar-refractivity contribution in [3.05, 3.63) is 66.0 Å². The number of halogens is 1. The van der Waals surface area contributed by atoms with Crippen molar-refractivity contribution in [1.82, 2.24) is 10.2 Å². The van der Waals surface area contributed by atoms with E-state index in [0.29, 0.717) is 25.3 Å². The molecule has 5 nitrogen and oxygen atoms in total. The van der Waals surface area contributed by atoms with E-state index in [1.54, 1.807) is 21.9 Å². The van der Waals surface area contributed by atoms with Crippen LogP contribution >= 0.6 is 0 Å². The number of amides is 3. The molecule has 136 valence electrons. The summed E-state index contributed by atoms with van der Waals surface area (Å²) in [6, 6.07) is 15.1. The van der Waals surface area contributed by atoms with Gasteiger partial charge in [-0.1, -0.05) is 30.3 Å². The second-order valence-corrected chi connectivity index (χ2v) is 6.33. The lowest BCUT2D eigenvalue weighted by Gasteiger charge is -2.24. The minimum Gasteiger partial charge on any atom is -0.333 e. The van der Waals surface area contributed by atoms with Gasteiger partial charge in [-0.15, -0.1) is 0 Å². The third-order valence-electron chi connectivity index (χ3n) is 4.48. The fourth-order valence-corrected chi connectivity index (χ4v) is 3.07. The number of urea groups is 1. The first-order chi connectivity index (χ1) is 12.6. The second-order valence-electron chi connectivity index (χ2n) is 6.33. The fourth-order valence-electron chi connectivity index (χ4n) is 3.07. The van der Waals surface area contributed by atoms with Crippen molar-refractivity contribution in [2.45, 2.75) is 25.9 Å². The first kappa shape index (κ1) is 17.9. The van der Waals surface area contributed by atoms with Crippen LogP contribution in [-0.2, 0) is 11.3 Å². The molecule has 26 heavy (non-hydrogen) atoms.